The quantitative estimate of drug-likeness (QED) is 0.851. The second kappa shape index (κ2) is 6.27. The average molecular weight is 266 g/mol. The van der Waals surface area contributed by atoms with Crippen molar-refractivity contribution in [1.29, 1.82) is 5.26 Å². The molecule has 96 valence electrons. The van der Waals surface area contributed by atoms with E-state index in [2.05, 4.69) is 0 Å². The van der Waals surface area contributed by atoms with Crippen molar-refractivity contribution in [2.45, 2.75) is 26.3 Å². The molecule has 4 nitrogen and oxygen atoms in total. The van der Waals surface area contributed by atoms with Crippen molar-refractivity contribution < 1.29 is 4.79 Å². The Hall–Kier alpha value is -1.73. The summed E-state index contributed by atoms with van der Waals surface area (Å²) >= 11 is 6.03. The Morgan fingerprint density at radius 2 is 2.22 bits per heavy atom. The van der Waals surface area contributed by atoms with Crippen LogP contribution in [0.2, 0.25) is 5.02 Å². The predicted molar refractivity (Wildman–Crippen MR) is 72.3 cm³/mol. The molecule has 0 radical (unpaired) electrons. The summed E-state index contributed by atoms with van der Waals surface area (Å²) in [4.78, 5) is 14.0. The lowest BCUT2D eigenvalue weighted by Gasteiger charge is -2.26. The van der Waals surface area contributed by atoms with Crippen LogP contribution in [0.15, 0.2) is 18.2 Å². The van der Waals surface area contributed by atoms with Crippen LogP contribution >= 0.6 is 11.6 Å². The molecule has 0 aliphatic heterocycles. The number of rotatable bonds is 4. The molecular formula is C13H16ClN3O. The molecule has 1 amide bonds. The van der Waals surface area contributed by atoms with E-state index in [0.717, 1.165) is 0 Å². The highest BCUT2D eigenvalue weighted by Gasteiger charge is 2.21. The maximum atomic E-state index is 12.3. The van der Waals surface area contributed by atoms with E-state index in [0.29, 0.717) is 24.2 Å². The molecule has 18 heavy (non-hydrogen) atoms. The van der Waals surface area contributed by atoms with E-state index in [9.17, 15) is 4.79 Å². The average Bonchev–Trinajstić information content (AvgIpc) is 2.32. The number of nitrogens with zero attached hydrogens (tertiary/aromatic N) is 2. The second-order valence-electron chi connectivity index (χ2n) is 4.21. The van der Waals surface area contributed by atoms with Gasteiger partial charge >= 0.3 is 0 Å². The van der Waals surface area contributed by atoms with Crippen LogP contribution in [-0.2, 0) is 0 Å². The lowest BCUT2D eigenvalue weighted by atomic mass is 10.1. The molecule has 0 unspecified atom stereocenters. The Kier molecular flexibility index (Phi) is 4.99. The van der Waals surface area contributed by atoms with Crippen LogP contribution in [0.5, 0.6) is 0 Å². The van der Waals surface area contributed by atoms with Gasteiger partial charge in [-0.3, -0.25) is 4.79 Å². The Morgan fingerprint density at radius 1 is 1.56 bits per heavy atom. The molecule has 0 aliphatic carbocycles. The highest BCUT2D eigenvalue weighted by molar-refractivity contribution is 6.36. The van der Waals surface area contributed by atoms with Crippen molar-refractivity contribution in [3.63, 3.8) is 0 Å². The summed E-state index contributed by atoms with van der Waals surface area (Å²) in [7, 11) is 0. The molecule has 0 spiro atoms. The van der Waals surface area contributed by atoms with Crippen LogP contribution in [0, 0.1) is 11.3 Å². The van der Waals surface area contributed by atoms with Crippen LogP contribution in [0.1, 0.15) is 30.6 Å². The molecule has 0 aromatic heterocycles. The maximum Gasteiger partial charge on any atom is 0.255 e. The minimum Gasteiger partial charge on any atom is -0.398 e. The molecule has 1 aromatic carbocycles. The molecule has 0 atom stereocenters. The number of hydrogen-bond acceptors (Lipinski definition) is 3. The van der Waals surface area contributed by atoms with Crippen molar-refractivity contribution in [1.82, 2.24) is 4.90 Å². The van der Waals surface area contributed by atoms with Gasteiger partial charge in [0.1, 0.15) is 0 Å². The predicted octanol–water partition coefficient (Wildman–Crippen LogP) is 2.69. The molecule has 0 aliphatic rings. The summed E-state index contributed by atoms with van der Waals surface area (Å²) in [6.45, 7) is 4.18. The van der Waals surface area contributed by atoms with Gasteiger partial charge in [-0.2, -0.15) is 5.26 Å². The van der Waals surface area contributed by atoms with Gasteiger partial charge < -0.3 is 10.6 Å². The normalized spacial score (nSPS) is 10.2. The van der Waals surface area contributed by atoms with Gasteiger partial charge in [-0.25, -0.2) is 0 Å². The maximum absolute atomic E-state index is 12.3. The number of halogens is 1. The molecule has 0 saturated carbocycles. The minimum atomic E-state index is -0.197. The van der Waals surface area contributed by atoms with Crippen LogP contribution in [0.4, 0.5) is 5.69 Å². The zero-order valence-electron chi connectivity index (χ0n) is 10.5. The van der Waals surface area contributed by atoms with E-state index in [-0.39, 0.29) is 17.0 Å². The van der Waals surface area contributed by atoms with Gasteiger partial charge in [0, 0.05) is 12.6 Å². The van der Waals surface area contributed by atoms with Crippen molar-refractivity contribution in [2.75, 3.05) is 12.3 Å². The first kappa shape index (κ1) is 14.3. The van der Waals surface area contributed by atoms with E-state index in [4.69, 9.17) is 22.6 Å². The number of carbonyl (C=O) groups excluding carboxylic acids is 1. The Morgan fingerprint density at radius 3 is 2.78 bits per heavy atom. The summed E-state index contributed by atoms with van der Waals surface area (Å²) in [5, 5.41) is 8.88. The van der Waals surface area contributed by atoms with Gasteiger partial charge in [0.05, 0.1) is 28.8 Å². The molecule has 0 heterocycles. The Labute approximate surface area is 112 Å². The van der Waals surface area contributed by atoms with Gasteiger partial charge in [-0.1, -0.05) is 17.7 Å². The molecule has 5 heteroatoms. The first-order valence-electron chi connectivity index (χ1n) is 5.71. The third-order valence-electron chi connectivity index (χ3n) is 2.61. The van der Waals surface area contributed by atoms with Gasteiger partial charge in [0.25, 0.3) is 5.91 Å². The molecule has 0 saturated heterocycles. The third kappa shape index (κ3) is 3.14. The number of hydrogen-bond donors (Lipinski definition) is 1. The van der Waals surface area contributed by atoms with Gasteiger partial charge in [-0.15, -0.1) is 0 Å². The van der Waals surface area contributed by atoms with Crippen LogP contribution in [0.25, 0.3) is 0 Å². The number of benzene rings is 1. The summed E-state index contributed by atoms with van der Waals surface area (Å²) in [6, 6.07) is 7.02. The Bertz CT molecular complexity index is 480. The summed E-state index contributed by atoms with van der Waals surface area (Å²) in [5.74, 6) is -0.197. The summed E-state index contributed by atoms with van der Waals surface area (Å²) in [6.07, 6.45) is 0.295. The highest BCUT2D eigenvalue weighted by Crippen LogP contribution is 2.24. The Balaban J connectivity index is 3.03. The lowest BCUT2D eigenvalue weighted by Crippen LogP contribution is -2.37. The second-order valence-corrected chi connectivity index (χ2v) is 4.59. The zero-order valence-corrected chi connectivity index (χ0v) is 11.2. The smallest absolute Gasteiger partial charge is 0.255 e. The van der Waals surface area contributed by atoms with Crippen LogP contribution in [0.3, 0.4) is 0 Å². The van der Waals surface area contributed by atoms with Crippen molar-refractivity contribution in [2.24, 2.45) is 0 Å². The minimum absolute atomic E-state index is 0.00310. The van der Waals surface area contributed by atoms with Crippen LogP contribution < -0.4 is 5.73 Å². The van der Waals surface area contributed by atoms with Crippen molar-refractivity contribution >= 4 is 23.2 Å². The third-order valence-corrected chi connectivity index (χ3v) is 3.03. The van der Waals surface area contributed by atoms with Crippen molar-refractivity contribution in [3.05, 3.63) is 28.8 Å². The first-order valence-corrected chi connectivity index (χ1v) is 6.08. The summed E-state index contributed by atoms with van der Waals surface area (Å²) in [5.41, 5.74) is 6.44. The van der Waals surface area contributed by atoms with Gasteiger partial charge in [0.2, 0.25) is 0 Å². The molecule has 0 bridgehead atoms. The van der Waals surface area contributed by atoms with E-state index >= 15 is 0 Å². The molecular weight excluding hydrogens is 250 g/mol. The molecule has 2 N–H and O–H groups in total. The summed E-state index contributed by atoms with van der Waals surface area (Å²) < 4.78 is 0. The molecule has 0 fully saturated rings. The van der Waals surface area contributed by atoms with Crippen LogP contribution in [-0.4, -0.2) is 23.4 Å². The van der Waals surface area contributed by atoms with Crippen molar-refractivity contribution in [3.8, 4) is 6.07 Å². The fourth-order valence-corrected chi connectivity index (χ4v) is 1.84. The first-order chi connectivity index (χ1) is 8.49. The molecule has 1 rings (SSSR count). The number of nitriles is 1. The SMILES string of the molecule is CC(C)N(CCC#N)C(=O)c1cccc(N)c1Cl. The largest absolute Gasteiger partial charge is 0.398 e. The molecule has 1 aromatic rings. The number of carbonyl (C=O) groups is 1. The fraction of sp³-hybridized carbons (Fsp3) is 0.385. The number of amides is 1. The fourth-order valence-electron chi connectivity index (χ4n) is 1.63. The van der Waals surface area contributed by atoms with Gasteiger partial charge in [-0.05, 0) is 26.0 Å². The number of nitrogens with two attached hydrogens (primary N) is 1. The lowest BCUT2D eigenvalue weighted by molar-refractivity contribution is 0.0710. The number of anilines is 1. The van der Waals surface area contributed by atoms with E-state index in [1.807, 2.05) is 19.9 Å². The number of nitrogen functional groups attached to an aromatic ring is 1. The van der Waals surface area contributed by atoms with Gasteiger partial charge in [0.15, 0.2) is 0 Å². The zero-order chi connectivity index (χ0) is 13.7. The topological polar surface area (TPSA) is 70.1 Å². The standard InChI is InChI=1S/C13H16ClN3O/c1-9(2)17(8-4-7-15)13(18)10-5-3-6-11(16)12(10)14/h3,5-6,9H,4,8,16H2,1-2H3. The van der Waals surface area contributed by atoms with E-state index in [1.165, 1.54) is 0 Å². The highest BCUT2D eigenvalue weighted by atomic mass is 35.5. The van der Waals surface area contributed by atoms with E-state index in [1.54, 1.807) is 23.1 Å². The monoisotopic (exact) mass is 265 g/mol. The van der Waals surface area contributed by atoms with E-state index < -0.39 is 0 Å².